The number of nitrogens with zero attached hydrogens (tertiary/aromatic N) is 5. The van der Waals surface area contributed by atoms with E-state index in [9.17, 15) is 8.78 Å². The molecule has 2 aromatic heterocycles. The van der Waals surface area contributed by atoms with Gasteiger partial charge in [-0.3, -0.25) is 9.36 Å². The third kappa shape index (κ3) is 4.40. The van der Waals surface area contributed by atoms with E-state index in [2.05, 4.69) is 28.2 Å². The molecule has 1 aromatic carbocycles. The van der Waals surface area contributed by atoms with E-state index in [1.54, 1.807) is 16.9 Å². The van der Waals surface area contributed by atoms with Crippen LogP contribution in [0.3, 0.4) is 0 Å². The number of rotatable bonds is 5. The van der Waals surface area contributed by atoms with Gasteiger partial charge in [0.2, 0.25) is 0 Å². The van der Waals surface area contributed by atoms with E-state index in [1.165, 1.54) is 48.9 Å². The van der Waals surface area contributed by atoms with Gasteiger partial charge < -0.3 is 4.90 Å². The molecule has 0 N–H and O–H groups in total. The molecule has 196 valence electrons. The molecular formula is C30H37F2N5. The van der Waals surface area contributed by atoms with Crippen molar-refractivity contribution in [3.05, 3.63) is 59.1 Å². The first-order valence-corrected chi connectivity index (χ1v) is 13.9. The maximum Gasteiger partial charge on any atom is 0.264 e. The molecule has 1 saturated carbocycles. The minimum Gasteiger partial charge on any atom is -0.324 e. The molecule has 0 saturated heterocycles. The normalized spacial score (nSPS) is 20.2. The average Bonchev–Trinajstić information content (AvgIpc) is 3.51. The third-order valence-corrected chi connectivity index (χ3v) is 8.77. The largest absolute Gasteiger partial charge is 0.324 e. The molecule has 1 unspecified atom stereocenters. The maximum absolute atomic E-state index is 14.4. The average molecular weight is 506 g/mol. The quantitative estimate of drug-likeness (QED) is 0.337. The highest BCUT2D eigenvalue weighted by molar-refractivity contribution is 5.77. The van der Waals surface area contributed by atoms with Gasteiger partial charge in [0.05, 0.1) is 12.2 Å². The van der Waals surface area contributed by atoms with Gasteiger partial charge in [0.15, 0.2) is 5.82 Å². The summed E-state index contributed by atoms with van der Waals surface area (Å²) in [6.07, 6.45) is 12.0. The van der Waals surface area contributed by atoms with Crippen molar-refractivity contribution in [1.82, 2.24) is 19.6 Å². The topological polar surface area (TPSA) is 38.9 Å². The van der Waals surface area contributed by atoms with Gasteiger partial charge in [-0.05, 0) is 81.0 Å². The Morgan fingerprint density at radius 3 is 2.59 bits per heavy atom. The van der Waals surface area contributed by atoms with E-state index in [0.29, 0.717) is 17.5 Å². The molecule has 6 rings (SSSR count). The van der Waals surface area contributed by atoms with Crippen molar-refractivity contribution in [3.63, 3.8) is 0 Å². The van der Waals surface area contributed by atoms with Crippen LogP contribution in [0.2, 0.25) is 0 Å². The van der Waals surface area contributed by atoms with Crippen molar-refractivity contribution in [2.24, 2.45) is 13.0 Å². The molecule has 1 atom stereocenters. The van der Waals surface area contributed by atoms with Crippen molar-refractivity contribution < 1.29 is 8.78 Å². The second-order valence-electron chi connectivity index (χ2n) is 11.3. The Morgan fingerprint density at radius 2 is 1.89 bits per heavy atom. The summed E-state index contributed by atoms with van der Waals surface area (Å²) >= 11 is 0. The lowest BCUT2D eigenvalue weighted by Crippen LogP contribution is -2.27. The molecule has 0 radical (unpaired) electrons. The Bertz CT molecular complexity index is 1310. The summed E-state index contributed by atoms with van der Waals surface area (Å²) in [6.45, 7) is 7.20. The molecule has 0 bridgehead atoms. The molecule has 5 nitrogen and oxygen atoms in total. The van der Waals surface area contributed by atoms with Crippen LogP contribution in [0.4, 0.5) is 20.3 Å². The fourth-order valence-corrected chi connectivity index (χ4v) is 6.75. The molecule has 3 aliphatic rings. The third-order valence-electron chi connectivity index (χ3n) is 8.77. The second-order valence-corrected chi connectivity index (χ2v) is 11.3. The summed E-state index contributed by atoms with van der Waals surface area (Å²) in [4.78, 5) is 2.25. The Kier molecular flexibility index (Phi) is 6.41. The van der Waals surface area contributed by atoms with Crippen molar-refractivity contribution in [3.8, 4) is 11.1 Å². The first-order valence-electron chi connectivity index (χ1n) is 13.9. The summed E-state index contributed by atoms with van der Waals surface area (Å²) < 4.78 is 32.8. The van der Waals surface area contributed by atoms with E-state index in [1.807, 2.05) is 19.3 Å². The van der Waals surface area contributed by atoms with Crippen LogP contribution >= 0.6 is 0 Å². The molecule has 0 spiro atoms. The summed E-state index contributed by atoms with van der Waals surface area (Å²) in [5, 5.41) is 9.53. The number of alkyl halides is 2. The zero-order valence-corrected chi connectivity index (χ0v) is 22.0. The Balaban J connectivity index is 1.47. The number of aromatic nitrogens is 4. The van der Waals surface area contributed by atoms with Gasteiger partial charge in [-0.1, -0.05) is 31.4 Å². The number of aryl methyl sites for hydroxylation is 2. The monoisotopic (exact) mass is 505 g/mol. The van der Waals surface area contributed by atoms with Crippen LogP contribution < -0.4 is 4.90 Å². The van der Waals surface area contributed by atoms with Gasteiger partial charge >= 0.3 is 0 Å². The Hall–Kier alpha value is -2.96. The van der Waals surface area contributed by atoms with Crippen molar-refractivity contribution >= 4 is 11.5 Å². The fourth-order valence-electron chi connectivity index (χ4n) is 6.75. The van der Waals surface area contributed by atoms with Gasteiger partial charge in [-0.15, -0.1) is 0 Å². The number of hydrogen-bond donors (Lipinski definition) is 0. The van der Waals surface area contributed by atoms with Gasteiger partial charge in [0.1, 0.15) is 0 Å². The zero-order chi connectivity index (χ0) is 25.7. The number of hydrogen-bond acceptors (Lipinski definition) is 3. The Morgan fingerprint density at radius 1 is 1.08 bits per heavy atom. The van der Waals surface area contributed by atoms with Gasteiger partial charge in [0.25, 0.3) is 6.43 Å². The highest BCUT2D eigenvalue weighted by atomic mass is 19.3. The first kappa shape index (κ1) is 24.4. The minimum absolute atomic E-state index is 0.0686. The maximum atomic E-state index is 14.4. The molecule has 3 aromatic rings. The molecule has 2 aliphatic carbocycles. The molecule has 0 amide bonds. The van der Waals surface area contributed by atoms with Crippen molar-refractivity contribution in [2.45, 2.75) is 83.6 Å². The summed E-state index contributed by atoms with van der Waals surface area (Å²) in [5.41, 5.74) is 7.30. The number of halogens is 2. The van der Waals surface area contributed by atoms with Crippen LogP contribution in [-0.2, 0) is 26.3 Å². The number of benzene rings is 1. The van der Waals surface area contributed by atoms with Crippen molar-refractivity contribution in [1.29, 1.82) is 0 Å². The Labute approximate surface area is 218 Å². The van der Waals surface area contributed by atoms with E-state index in [0.717, 1.165) is 61.3 Å². The molecule has 3 heterocycles. The summed E-state index contributed by atoms with van der Waals surface area (Å²) in [7, 11) is 1.82. The number of allylic oxidation sites excluding steroid dienone is 1. The van der Waals surface area contributed by atoms with Gasteiger partial charge in [-0.25, -0.2) is 8.78 Å². The van der Waals surface area contributed by atoms with Crippen LogP contribution in [0.25, 0.3) is 11.1 Å². The molecule has 37 heavy (non-hydrogen) atoms. The van der Waals surface area contributed by atoms with E-state index < -0.39 is 6.43 Å². The predicted molar refractivity (Wildman–Crippen MR) is 144 cm³/mol. The van der Waals surface area contributed by atoms with Crippen LogP contribution in [0.15, 0.2) is 36.7 Å². The molecule has 1 aliphatic heterocycles. The van der Waals surface area contributed by atoms with Gasteiger partial charge in [0, 0.05) is 47.9 Å². The summed E-state index contributed by atoms with van der Waals surface area (Å²) in [5.74, 6) is 1.44. The zero-order valence-electron chi connectivity index (χ0n) is 22.0. The molecule has 7 heteroatoms. The molecular weight excluding hydrogens is 468 g/mol. The van der Waals surface area contributed by atoms with E-state index >= 15 is 0 Å². The first-order chi connectivity index (χ1) is 17.9. The SMILES string of the molecule is C=C(C)C1CCc2c(c(N3CCCc4cc(-c5cnn(C)c5)c(C(F)F)cc43)nn2C2CCCCC2)C1. The van der Waals surface area contributed by atoms with Crippen molar-refractivity contribution in [2.75, 3.05) is 11.4 Å². The summed E-state index contributed by atoms with van der Waals surface area (Å²) in [6, 6.07) is 4.15. The van der Waals surface area contributed by atoms with Crippen LogP contribution in [-0.4, -0.2) is 26.1 Å². The number of anilines is 2. The highest BCUT2D eigenvalue weighted by Gasteiger charge is 2.34. The van der Waals surface area contributed by atoms with Crippen LogP contribution in [0.1, 0.15) is 86.7 Å². The van der Waals surface area contributed by atoms with E-state index in [-0.39, 0.29) is 5.56 Å². The molecule has 1 fully saturated rings. The smallest absolute Gasteiger partial charge is 0.264 e. The second kappa shape index (κ2) is 9.73. The lowest BCUT2D eigenvalue weighted by molar-refractivity contribution is 0.152. The predicted octanol–water partition coefficient (Wildman–Crippen LogP) is 7.49. The van der Waals surface area contributed by atoms with Crippen LogP contribution in [0.5, 0.6) is 0 Å². The van der Waals surface area contributed by atoms with Crippen LogP contribution in [0, 0.1) is 5.92 Å². The number of fused-ring (bicyclic) bond motifs is 2. The van der Waals surface area contributed by atoms with E-state index in [4.69, 9.17) is 5.10 Å². The van der Waals surface area contributed by atoms with Gasteiger partial charge in [-0.2, -0.15) is 10.2 Å². The standard InChI is InChI=1S/C30H37F2N5/c1-19(2)20-11-12-27-26(14-20)30(34-37(27)23-9-5-4-6-10-23)36-13-7-8-21-15-24(22-17-33-35(3)18-22)25(29(31)32)16-28(21)36/h15-18,20,23,29H,1,4-14H2,2-3H3. The highest BCUT2D eigenvalue weighted by Crippen LogP contribution is 2.45. The fraction of sp³-hybridized carbons (Fsp3) is 0.533. The lowest BCUT2D eigenvalue weighted by Gasteiger charge is -2.33. The lowest BCUT2D eigenvalue weighted by atomic mass is 9.82. The minimum atomic E-state index is -2.56.